The number of nitrogens with two attached hydrogens (primary N) is 1. The molecule has 0 aliphatic carbocycles. The minimum Gasteiger partial charge on any atom is -0.508 e. The molecule has 1 aromatic heterocycles. The van der Waals surface area contributed by atoms with Gasteiger partial charge in [0.2, 0.25) is 0 Å². The van der Waals surface area contributed by atoms with E-state index in [1.807, 2.05) is 0 Å². The van der Waals surface area contributed by atoms with Crippen LogP contribution in [0.15, 0.2) is 35.1 Å². The van der Waals surface area contributed by atoms with Crippen molar-refractivity contribution in [2.24, 2.45) is 0 Å². The van der Waals surface area contributed by atoms with E-state index in [0.29, 0.717) is 12.1 Å². The zero-order chi connectivity index (χ0) is 11.5. The molecule has 0 fully saturated rings. The Bertz CT molecular complexity index is 546. The van der Waals surface area contributed by atoms with Gasteiger partial charge in [0, 0.05) is 6.42 Å². The van der Waals surface area contributed by atoms with Gasteiger partial charge >= 0.3 is 0 Å². The molecule has 1 aromatic carbocycles. The van der Waals surface area contributed by atoms with E-state index in [-0.39, 0.29) is 17.0 Å². The molecule has 16 heavy (non-hydrogen) atoms. The van der Waals surface area contributed by atoms with Crippen LogP contribution in [0.25, 0.3) is 0 Å². The predicted molar refractivity (Wildman–Crippen MR) is 60.2 cm³/mol. The third-order valence-corrected chi connectivity index (χ3v) is 2.21. The standard InChI is InChI=1S/C11H11N3O2/c12-10-6-8(13-14-11(10)16)5-7-1-3-9(15)4-2-7/h1-4,6,15H,5H2,(H2,12,13)(H,14,16). The highest BCUT2D eigenvalue weighted by atomic mass is 16.3. The van der Waals surface area contributed by atoms with Crippen LogP contribution in [0.4, 0.5) is 5.69 Å². The maximum atomic E-state index is 11.0. The summed E-state index contributed by atoms with van der Waals surface area (Å²) in [6.45, 7) is 0. The van der Waals surface area contributed by atoms with Gasteiger partial charge in [0.1, 0.15) is 11.4 Å². The maximum absolute atomic E-state index is 11.0. The molecule has 1 heterocycles. The van der Waals surface area contributed by atoms with E-state index in [0.717, 1.165) is 5.56 Å². The molecule has 0 unspecified atom stereocenters. The van der Waals surface area contributed by atoms with Crippen molar-refractivity contribution in [3.05, 3.63) is 51.9 Å². The van der Waals surface area contributed by atoms with Gasteiger partial charge in [0.15, 0.2) is 0 Å². The van der Waals surface area contributed by atoms with Crippen LogP contribution in [-0.4, -0.2) is 15.3 Å². The van der Waals surface area contributed by atoms with E-state index in [1.165, 1.54) is 0 Å². The van der Waals surface area contributed by atoms with Crippen molar-refractivity contribution in [1.29, 1.82) is 0 Å². The number of hydrogen-bond donors (Lipinski definition) is 3. The first-order chi connectivity index (χ1) is 7.65. The molecule has 0 saturated carbocycles. The van der Waals surface area contributed by atoms with E-state index in [9.17, 15) is 4.79 Å². The minimum atomic E-state index is -0.380. The number of anilines is 1. The number of nitrogen functional groups attached to an aromatic ring is 1. The molecule has 5 nitrogen and oxygen atoms in total. The largest absolute Gasteiger partial charge is 0.508 e. The summed E-state index contributed by atoms with van der Waals surface area (Å²) in [5.74, 6) is 0.220. The summed E-state index contributed by atoms with van der Waals surface area (Å²) in [5.41, 5.74) is 6.92. The SMILES string of the molecule is Nc1cc(Cc2ccc(O)cc2)n[nH]c1=O. The number of aromatic amines is 1. The number of nitrogens with one attached hydrogen (secondary N) is 1. The molecule has 0 atom stereocenters. The van der Waals surface area contributed by atoms with Gasteiger partial charge in [-0.05, 0) is 23.8 Å². The Morgan fingerprint density at radius 1 is 1.31 bits per heavy atom. The van der Waals surface area contributed by atoms with Crippen molar-refractivity contribution >= 4 is 5.69 Å². The van der Waals surface area contributed by atoms with Crippen LogP contribution in [0.1, 0.15) is 11.3 Å². The molecule has 0 aliphatic heterocycles. The van der Waals surface area contributed by atoms with Crippen LogP contribution in [0.2, 0.25) is 0 Å². The molecular formula is C11H11N3O2. The summed E-state index contributed by atoms with van der Waals surface area (Å²) < 4.78 is 0. The third-order valence-electron chi connectivity index (χ3n) is 2.21. The summed E-state index contributed by atoms with van der Waals surface area (Å²) in [7, 11) is 0. The molecule has 0 aliphatic rings. The predicted octanol–water partition coefficient (Wildman–Crippen LogP) is 0.648. The number of hydrogen-bond acceptors (Lipinski definition) is 4. The second-order valence-corrected chi connectivity index (χ2v) is 3.49. The van der Waals surface area contributed by atoms with Crippen LogP contribution in [0.3, 0.4) is 0 Å². The van der Waals surface area contributed by atoms with E-state index in [2.05, 4.69) is 10.2 Å². The van der Waals surface area contributed by atoms with Crippen molar-refractivity contribution in [2.45, 2.75) is 6.42 Å². The quantitative estimate of drug-likeness (QED) is 0.688. The van der Waals surface area contributed by atoms with E-state index >= 15 is 0 Å². The van der Waals surface area contributed by atoms with E-state index < -0.39 is 0 Å². The molecular weight excluding hydrogens is 206 g/mol. The van der Waals surface area contributed by atoms with Crippen LogP contribution in [-0.2, 0) is 6.42 Å². The molecule has 0 spiro atoms. The highest BCUT2D eigenvalue weighted by molar-refractivity contribution is 5.37. The average molecular weight is 217 g/mol. The summed E-state index contributed by atoms with van der Waals surface area (Å²) in [5, 5.41) is 15.3. The molecule has 0 bridgehead atoms. The van der Waals surface area contributed by atoms with Gasteiger partial charge < -0.3 is 10.8 Å². The van der Waals surface area contributed by atoms with Crippen molar-refractivity contribution in [1.82, 2.24) is 10.2 Å². The Labute approximate surface area is 91.6 Å². The summed E-state index contributed by atoms with van der Waals surface area (Å²) in [4.78, 5) is 11.0. The number of aromatic hydroxyl groups is 1. The molecule has 0 radical (unpaired) electrons. The highest BCUT2D eigenvalue weighted by Crippen LogP contribution is 2.12. The fraction of sp³-hybridized carbons (Fsp3) is 0.0909. The van der Waals surface area contributed by atoms with Gasteiger partial charge in [0.05, 0.1) is 5.69 Å². The third kappa shape index (κ3) is 2.20. The Hall–Kier alpha value is -2.30. The van der Waals surface area contributed by atoms with Crippen LogP contribution < -0.4 is 11.3 Å². The monoisotopic (exact) mass is 217 g/mol. The number of aromatic nitrogens is 2. The lowest BCUT2D eigenvalue weighted by atomic mass is 10.1. The summed E-state index contributed by atoms with van der Waals surface area (Å²) in [6, 6.07) is 8.33. The molecule has 5 heteroatoms. The molecule has 2 aromatic rings. The fourth-order valence-electron chi connectivity index (χ4n) is 1.38. The molecule has 82 valence electrons. The Kier molecular flexibility index (Phi) is 2.59. The molecule has 4 N–H and O–H groups in total. The van der Waals surface area contributed by atoms with E-state index in [1.54, 1.807) is 30.3 Å². The van der Waals surface area contributed by atoms with E-state index in [4.69, 9.17) is 10.8 Å². The van der Waals surface area contributed by atoms with Gasteiger partial charge in [-0.2, -0.15) is 5.10 Å². The second-order valence-electron chi connectivity index (χ2n) is 3.49. The summed E-state index contributed by atoms with van der Waals surface area (Å²) >= 11 is 0. The Morgan fingerprint density at radius 2 is 2.00 bits per heavy atom. The first-order valence-corrected chi connectivity index (χ1v) is 4.77. The minimum absolute atomic E-state index is 0.156. The zero-order valence-corrected chi connectivity index (χ0v) is 8.47. The van der Waals surface area contributed by atoms with Crippen LogP contribution in [0, 0.1) is 0 Å². The lowest BCUT2D eigenvalue weighted by Gasteiger charge is -2.01. The van der Waals surface area contributed by atoms with Gasteiger partial charge in [-0.15, -0.1) is 0 Å². The van der Waals surface area contributed by atoms with Crippen molar-refractivity contribution < 1.29 is 5.11 Å². The van der Waals surface area contributed by atoms with Crippen molar-refractivity contribution in [3.8, 4) is 5.75 Å². The fourth-order valence-corrected chi connectivity index (χ4v) is 1.38. The van der Waals surface area contributed by atoms with Crippen LogP contribution >= 0.6 is 0 Å². The highest BCUT2D eigenvalue weighted by Gasteiger charge is 2.01. The normalized spacial score (nSPS) is 10.2. The van der Waals surface area contributed by atoms with Crippen molar-refractivity contribution in [2.75, 3.05) is 5.73 Å². The first-order valence-electron chi connectivity index (χ1n) is 4.77. The Balaban J connectivity index is 2.23. The average Bonchev–Trinajstić information content (AvgIpc) is 2.27. The second kappa shape index (κ2) is 4.06. The lowest BCUT2D eigenvalue weighted by molar-refractivity contribution is 0.475. The van der Waals surface area contributed by atoms with Crippen molar-refractivity contribution in [3.63, 3.8) is 0 Å². The molecule has 0 amide bonds. The smallest absolute Gasteiger partial charge is 0.287 e. The van der Waals surface area contributed by atoms with Gasteiger partial charge in [-0.25, -0.2) is 5.10 Å². The topological polar surface area (TPSA) is 92.0 Å². The molecule has 2 rings (SSSR count). The first kappa shape index (κ1) is 10.2. The number of rotatable bonds is 2. The number of phenolic OH excluding ortho intramolecular Hbond substituents is 1. The number of H-pyrrole nitrogens is 1. The number of nitrogens with zero attached hydrogens (tertiary/aromatic N) is 1. The van der Waals surface area contributed by atoms with Crippen LogP contribution in [0.5, 0.6) is 5.75 Å². The maximum Gasteiger partial charge on any atom is 0.287 e. The van der Waals surface area contributed by atoms with Gasteiger partial charge in [-0.3, -0.25) is 4.79 Å². The van der Waals surface area contributed by atoms with Gasteiger partial charge in [0.25, 0.3) is 5.56 Å². The Morgan fingerprint density at radius 3 is 2.62 bits per heavy atom. The number of benzene rings is 1. The lowest BCUT2D eigenvalue weighted by Crippen LogP contribution is -2.14. The molecule has 0 saturated heterocycles. The zero-order valence-electron chi connectivity index (χ0n) is 8.47. The van der Waals surface area contributed by atoms with Gasteiger partial charge in [-0.1, -0.05) is 12.1 Å². The number of phenols is 1. The summed E-state index contributed by atoms with van der Waals surface area (Å²) in [6.07, 6.45) is 0.557.